The summed E-state index contributed by atoms with van der Waals surface area (Å²) < 4.78 is 0. The number of piperazine rings is 1. The summed E-state index contributed by atoms with van der Waals surface area (Å²) in [7, 11) is 0. The zero-order valence-electron chi connectivity index (χ0n) is 11.8. The largest absolute Gasteiger partial charge is 0.370 e. The van der Waals surface area contributed by atoms with Crippen LogP contribution >= 0.6 is 0 Å². The van der Waals surface area contributed by atoms with Crippen molar-refractivity contribution in [2.45, 2.75) is 19.4 Å². The molecule has 3 rings (SSSR count). The molecule has 1 unspecified atom stereocenters. The Kier molecular flexibility index (Phi) is 3.62. The molecule has 2 aliphatic rings. The van der Waals surface area contributed by atoms with Gasteiger partial charge in [-0.3, -0.25) is 0 Å². The topological polar surface area (TPSA) is 60.5 Å². The van der Waals surface area contributed by atoms with Gasteiger partial charge in [-0.05, 0) is 18.6 Å². The Morgan fingerprint density at radius 1 is 1.45 bits per heavy atom. The zero-order chi connectivity index (χ0) is 13.9. The Balaban J connectivity index is 1.69. The third kappa shape index (κ3) is 2.50. The van der Waals surface area contributed by atoms with E-state index < -0.39 is 0 Å². The standard InChI is InChI=1S/C14H21N5O/c1-2-6-15-12-4-3-5-13(17-12)18-7-8-19-11(10-18)9-16-14(19)20/h3-5,11H,2,6-10H2,1H3,(H,15,17)(H,16,20). The number of urea groups is 1. The fourth-order valence-electron chi connectivity index (χ4n) is 2.76. The number of anilines is 2. The van der Waals surface area contributed by atoms with Crippen LogP contribution in [0.5, 0.6) is 0 Å². The van der Waals surface area contributed by atoms with Crippen LogP contribution in [0.25, 0.3) is 0 Å². The molecule has 1 aromatic heterocycles. The predicted molar refractivity (Wildman–Crippen MR) is 79.1 cm³/mol. The van der Waals surface area contributed by atoms with Crippen LogP contribution in [-0.2, 0) is 0 Å². The van der Waals surface area contributed by atoms with Crippen molar-refractivity contribution in [3.05, 3.63) is 18.2 Å². The van der Waals surface area contributed by atoms with Crippen molar-refractivity contribution in [3.8, 4) is 0 Å². The molecule has 1 aromatic rings. The number of hydrogen-bond acceptors (Lipinski definition) is 4. The van der Waals surface area contributed by atoms with Crippen LogP contribution in [0.2, 0.25) is 0 Å². The highest BCUT2D eigenvalue weighted by molar-refractivity contribution is 5.77. The van der Waals surface area contributed by atoms with E-state index in [-0.39, 0.29) is 12.1 Å². The molecule has 2 amide bonds. The van der Waals surface area contributed by atoms with Gasteiger partial charge in [-0.15, -0.1) is 0 Å². The van der Waals surface area contributed by atoms with Crippen molar-refractivity contribution in [2.75, 3.05) is 42.9 Å². The number of fused-ring (bicyclic) bond motifs is 1. The lowest BCUT2D eigenvalue weighted by atomic mass is 10.2. The summed E-state index contributed by atoms with van der Waals surface area (Å²) in [6.45, 7) is 6.27. The lowest BCUT2D eigenvalue weighted by Crippen LogP contribution is -2.52. The molecular weight excluding hydrogens is 254 g/mol. The first-order valence-corrected chi connectivity index (χ1v) is 7.28. The second-order valence-electron chi connectivity index (χ2n) is 5.29. The van der Waals surface area contributed by atoms with Gasteiger partial charge in [-0.2, -0.15) is 0 Å². The van der Waals surface area contributed by atoms with Crippen molar-refractivity contribution in [1.82, 2.24) is 15.2 Å². The van der Waals surface area contributed by atoms with Gasteiger partial charge in [0.1, 0.15) is 11.6 Å². The Hall–Kier alpha value is -1.98. The second-order valence-corrected chi connectivity index (χ2v) is 5.29. The first kappa shape index (κ1) is 13.0. The molecule has 2 aliphatic heterocycles. The Bertz CT molecular complexity index is 492. The summed E-state index contributed by atoms with van der Waals surface area (Å²) in [4.78, 5) is 20.4. The Morgan fingerprint density at radius 3 is 3.20 bits per heavy atom. The average molecular weight is 275 g/mol. The molecule has 2 N–H and O–H groups in total. The van der Waals surface area contributed by atoms with Crippen LogP contribution in [0.3, 0.4) is 0 Å². The summed E-state index contributed by atoms with van der Waals surface area (Å²) in [6, 6.07) is 6.41. The normalized spacial score (nSPS) is 21.6. The first-order valence-electron chi connectivity index (χ1n) is 7.28. The number of nitrogens with zero attached hydrogens (tertiary/aromatic N) is 3. The number of aromatic nitrogens is 1. The molecule has 20 heavy (non-hydrogen) atoms. The third-order valence-electron chi connectivity index (χ3n) is 3.85. The van der Waals surface area contributed by atoms with Gasteiger partial charge in [0.2, 0.25) is 0 Å². The molecular formula is C14H21N5O. The monoisotopic (exact) mass is 275 g/mol. The smallest absolute Gasteiger partial charge is 0.317 e. The molecule has 0 radical (unpaired) electrons. The van der Waals surface area contributed by atoms with Crippen molar-refractivity contribution >= 4 is 17.7 Å². The molecule has 6 heteroatoms. The molecule has 0 bridgehead atoms. The minimum atomic E-state index is 0.0703. The van der Waals surface area contributed by atoms with Gasteiger partial charge < -0.3 is 20.4 Å². The highest BCUT2D eigenvalue weighted by Gasteiger charge is 2.35. The summed E-state index contributed by atoms with van der Waals surface area (Å²) in [5.74, 6) is 1.91. The molecule has 3 heterocycles. The van der Waals surface area contributed by atoms with E-state index in [1.807, 2.05) is 23.1 Å². The van der Waals surface area contributed by atoms with Gasteiger partial charge in [0, 0.05) is 32.7 Å². The lowest BCUT2D eigenvalue weighted by molar-refractivity contribution is 0.197. The van der Waals surface area contributed by atoms with Crippen LogP contribution in [0.15, 0.2) is 18.2 Å². The number of nitrogens with one attached hydrogen (secondary N) is 2. The molecule has 0 saturated carbocycles. The number of pyridine rings is 1. The number of carbonyl (C=O) groups is 1. The number of carbonyl (C=O) groups excluding carboxylic acids is 1. The fraction of sp³-hybridized carbons (Fsp3) is 0.571. The third-order valence-corrected chi connectivity index (χ3v) is 3.85. The van der Waals surface area contributed by atoms with Crippen molar-refractivity contribution in [3.63, 3.8) is 0 Å². The quantitative estimate of drug-likeness (QED) is 0.864. The summed E-state index contributed by atoms with van der Waals surface area (Å²) in [6.07, 6.45) is 1.08. The maximum absolute atomic E-state index is 11.6. The van der Waals surface area contributed by atoms with E-state index in [2.05, 4.69) is 27.4 Å². The van der Waals surface area contributed by atoms with Crippen LogP contribution in [-0.4, -0.2) is 54.7 Å². The summed E-state index contributed by atoms with van der Waals surface area (Å²) in [5, 5.41) is 6.21. The summed E-state index contributed by atoms with van der Waals surface area (Å²) in [5.41, 5.74) is 0. The van der Waals surface area contributed by atoms with E-state index in [1.165, 1.54) is 0 Å². The van der Waals surface area contributed by atoms with E-state index in [9.17, 15) is 4.79 Å². The average Bonchev–Trinajstić information content (AvgIpc) is 2.86. The van der Waals surface area contributed by atoms with Crippen molar-refractivity contribution in [1.29, 1.82) is 0 Å². The molecule has 2 fully saturated rings. The highest BCUT2D eigenvalue weighted by atomic mass is 16.2. The van der Waals surface area contributed by atoms with Crippen LogP contribution in [0, 0.1) is 0 Å². The number of rotatable bonds is 4. The maximum Gasteiger partial charge on any atom is 0.317 e. The van der Waals surface area contributed by atoms with Crippen molar-refractivity contribution < 1.29 is 4.79 Å². The first-order chi connectivity index (χ1) is 9.78. The van der Waals surface area contributed by atoms with Gasteiger partial charge in [-0.1, -0.05) is 13.0 Å². The Morgan fingerprint density at radius 2 is 2.35 bits per heavy atom. The molecule has 6 nitrogen and oxygen atoms in total. The van der Waals surface area contributed by atoms with Crippen molar-refractivity contribution in [2.24, 2.45) is 0 Å². The fourth-order valence-corrected chi connectivity index (χ4v) is 2.76. The van der Waals surface area contributed by atoms with Gasteiger partial charge >= 0.3 is 6.03 Å². The highest BCUT2D eigenvalue weighted by Crippen LogP contribution is 2.20. The molecule has 0 aromatic carbocycles. The molecule has 0 spiro atoms. The number of amides is 2. The minimum Gasteiger partial charge on any atom is -0.370 e. The van der Waals surface area contributed by atoms with Crippen LogP contribution in [0.4, 0.5) is 16.4 Å². The van der Waals surface area contributed by atoms with E-state index in [0.717, 1.165) is 50.8 Å². The van der Waals surface area contributed by atoms with Gasteiger partial charge in [0.25, 0.3) is 0 Å². The zero-order valence-corrected chi connectivity index (χ0v) is 11.8. The number of hydrogen-bond donors (Lipinski definition) is 2. The molecule has 1 atom stereocenters. The van der Waals surface area contributed by atoms with E-state index in [4.69, 9.17) is 0 Å². The molecule has 0 aliphatic carbocycles. The van der Waals surface area contributed by atoms with E-state index >= 15 is 0 Å². The van der Waals surface area contributed by atoms with Gasteiger partial charge in [-0.25, -0.2) is 9.78 Å². The van der Waals surface area contributed by atoms with E-state index in [0.29, 0.717) is 0 Å². The van der Waals surface area contributed by atoms with E-state index in [1.54, 1.807) is 0 Å². The van der Waals surface area contributed by atoms with Gasteiger partial charge in [0.05, 0.1) is 6.04 Å². The lowest BCUT2D eigenvalue weighted by Gasteiger charge is -2.37. The Labute approximate surface area is 119 Å². The second kappa shape index (κ2) is 5.56. The molecule has 108 valence electrons. The minimum absolute atomic E-state index is 0.0703. The summed E-state index contributed by atoms with van der Waals surface area (Å²) >= 11 is 0. The molecule has 2 saturated heterocycles. The predicted octanol–water partition coefficient (Wildman–Crippen LogP) is 1.12. The van der Waals surface area contributed by atoms with Gasteiger partial charge in [0.15, 0.2) is 0 Å². The van der Waals surface area contributed by atoms with Crippen LogP contribution in [0.1, 0.15) is 13.3 Å². The van der Waals surface area contributed by atoms with Crippen LogP contribution < -0.4 is 15.5 Å². The maximum atomic E-state index is 11.6. The SMILES string of the molecule is CCCNc1cccc(N2CCN3C(=O)NCC3C2)n1.